The van der Waals surface area contributed by atoms with E-state index >= 15 is 0 Å². The van der Waals surface area contributed by atoms with Gasteiger partial charge in [0.05, 0.1) is 6.54 Å². The Balaban J connectivity index is 2.23. The summed E-state index contributed by atoms with van der Waals surface area (Å²) in [5.41, 5.74) is 1.41. The number of amides is 1. The Kier molecular flexibility index (Phi) is 2.41. The van der Waals surface area contributed by atoms with Crippen molar-refractivity contribution >= 4 is 17.6 Å². The topological polar surface area (TPSA) is 46.6 Å². The molecule has 1 aliphatic heterocycles. The summed E-state index contributed by atoms with van der Waals surface area (Å²) in [6, 6.07) is 6.93. The Hall–Kier alpha value is -1.84. The van der Waals surface area contributed by atoms with Crippen LogP contribution in [0.15, 0.2) is 24.3 Å². The maximum Gasteiger partial charge on any atom is 0.414 e. The molecule has 0 saturated carbocycles. The standard InChI is InChI=1S/C11H11NO3/c1-8(13)9-2-4-10(5-3-9)12-6-7-15-11(12)14/h2-5H,6-7H2,1H3. The molecule has 0 aliphatic carbocycles. The number of nitrogens with zero attached hydrogens (tertiary/aromatic N) is 1. The van der Waals surface area contributed by atoms with Gasteiger partial charge in [0, 0.05) is 11.3 Å². The van der Waals surface area contributed by atoms with Gasteiger partial charge in [0.15, 0.2) is 5.78 Å². The lowest BCUT2D eigenvalue weighted by Gasteiger charge is -2.12. The molecule has 1 heterocycles. The summed E-state index contributed by atoms with van der Waals surface area (Å²) in [5.74, 6) is 0.0190. The first kappa shape index (κ1) is 9.71. The van der Waals surface area contributed by atoms with Crippen molar-refractivity contribution < 1.29 is 14.3 Å². The van der Waals surface area contributed by atoms with Crippen molar-refractivity contribution in [1.82, 2.24) is 0 Å². The number of hydrogen-bond donors (Lipinski definition) is 0. The van der Waals surface area contributed by atoms with E-state index in [1.54, 1.807) is 29.2 Å². The maximum absolute atomic E-state index is 11.2. The van der Waals surface area contributed by atoms with Crippen LogP contribution in [0.5, 0.6) is 0 Å². The molecule has 4 heteroatoms. The van der Waals surface area contributed by atoms with Gasteiger partial charge < -0.3 is 4.74 Å². The molecule has 15 heavy (non-hydrogen) atoms. The number of benzene rings is 1. The molecule has 78 valence electrons. The van der Waals surface area contributed by atoms with Crippen LogP contribution in [0.25, 0.3) is 0 Å². The van der Waals surface area contributed by atoms with Gasteiger partial charge in [0.2, 0.25) is 0 Å². The van der Waals surface area contributed by atoms with E-state index < -0.39 is 0 Å². The summed E-state index contributed by atoms with van der Waals surface area (Å²) < 4.78 is 4.82. The third-order valence-corrected chi connectivity index (χ3v) is 2.35. The molecule has 0 bridgehead atoms. The maximum atomic E-state index is 11.2. The fourth-order valence-corrected chi connectivity index (χ4v) is 1.50. The lowest BCUT2D eigenvalue weighted by atomic mass is 10.1. The quantitative estimate of drug-likeness (QED) is 0.692. The van der Waals surface area contributed by atoms with Crippen molar-refractivity contribution in [3.8, 4) is 0 Å². The predicted molar refractivity (Wildman–Crippen MR) is 55.1 cm³/mol. The number of carbonyl (C=O) groups is 2. The number of hydrogen-bond acceptors (Lipinski definition) is 3. The zero-order chi connectivity index (χ0) is 10.8. The van der Waals surface area contributed by atoms with Gasteiger partial charge in [-0.15, -0.1) is 0 Å². The van der Waals surface area contributed by atoms with Crippen LogP contribution in [-0.2, 0) is 4.74 Å². The highest BCUT2D eigenvalue weighted by molar-refractivity contribution is 5.95. The molecule has 1 aromatic carbocycles. The molecule has 1 aliphatic rings. The summed E-state index contributed by atoms with van der Waals surface area (Å²) in [5, 5.41) is 0. The average molecular weight is 205 g/mol. The third-order valence-electron chi connectivity index (χ3n) is 2.35. The van der Waals surface area contributed by atoms with Gasteiger partial charge in [-0.1, -0.05) is 0 Å². The first-order valence-corrected chi connectivity index (χ1v) is 4.74. The van der Waals surface area contributed by atoms with Crippen molar-refractivity contribution in [2.24, 2.45) is 0 Å². The minimum atomic E-state index is -0.328. The van der Waals surface area contributed by atoms with E-state index in [1.165, 1.54) is 6.92 Å². The van der Waals surface area contributed by atoms with Crippen molar-refractivity contribution in [3.05, 3.63) is 29.8 Å². The second-order valence-corrected chi connectivity index (χ2v) is 3.37. The molecule has 0 aromatic heterocycles. The van der Waals surface area contributed by atoms with Crippen molar-refractivity contribution in [3.63, 3.8) is 0 Å². The van der Waals surface area contributed by atoms with Crippen LogP contribution in [0.4, 0.5) is 10.5 Å². The Labute approximate surface area is 87.4 Å². The van der Waals surface area contributed by atoms with Crippen LogP contribution < -0.4 is 4.90 Å². The Morgan fingerprint density at radius 2 is 2.00 bits per heavy atom. The average Bonchev–Trinajstić information content (AvgIpc) is 2.65. The molecule has 1 amide bonds. The SMILES string of the molecule is CC(=O)c1ccc(N2CCOC2=O)cc1. The summed E-state index contributed by atoms with van der Waals surface area (Å²) in [6.45, 7) is 2.50. The van der Waals surface area contributed by atoms with Crippen molar-refractivity contribution in [1.29, 1.82) is 0 Å². The Bertz CT molecular complexity index is 397. The van der Waals surface area contributed by atoms with E-state index in [1.807, 2.05) is 0 Å². The number of rotatable bonds is 2. The van der Waals surface area contributed by atoms with Gasteiger partial charge in [0.25, 0.3) is 0 Å². The fraction of sp³-hybridized carbons (Fsp3) is 0.273. The number of anilines is 1. The summed E-state index contributed by atoms with van der Waals surface area (Å²) >= 11 is 0. The minimum Gasteiger partial charge on any atom is -0.447 e. The zero-order valence-corrected chi connectivity index (χ0v) is 8.40. The zero-order valence-electron chi connectivity index (χ0n) is 8.40. The number of cyclic esters (lactones) is 1. The second kappa shape index (κ2) is 3.73. The Morgan fingerprint density at radius 1 is 1.33 bits per heavy atom. The first-order chi connectivity index (χ1) is 7.18. The molecule has 0 unspecified atom stereocenters. The number of ether oxygens (including phenoxy) is 1. The van der Waals surface area contributed by atoms with Crippen LogP contribution in [0.2, 0.25) is 0 Å². The number of carbonyl (C=O) groups excluding carboxylic acids is 2. The molecule has 0 atom stereocenters. The van der Waals surface area contributed by atoms with E-state index in [4.69, 9.17) is 4.74 Å². The molecule has 0 radical (unpaired) electrons. The van der Waals surface area contributed by atoms with E-state index in [0.717, 1.165) is 5.69 Å². The largest absolute Gasteiger partial charge is 0.447 e. The van der Waals surface area contributed by atoms with Gasteiger partial charge in [-0.05, 0) is 31.2 Å². The van der Waals surface area contributed by atoms with Crippen LogP contribution >= 0.6 is 0 Å². The molecule has 0 spiro atoms. The van der Waals surface area contributed by atoms with Gasteiger partial charge in [-0.3, -0.25) is 9.69 Å². The molecule has 1 saturated heterocycles. The number of Topliss-reactive ketones (excluding diaryl/α,β-unsaturated/α-hetero) is 1. The lowest BCUT2D eigenvalue weighted by molar-refractivity contribution is 0.101. The van der Waals surface area contributed by atoms with Gasteiger partial charge >= 0.3 is 6.09 Å². The van der Waals surface area contributed by atoms with E-state index in [2.05, 4.69) is 0 Å². The molecule has 0 N–H and O–H groups in total. The van der Waals surface area contributed by atoms with Crippen LogP contribution in [-0.4, -0.2) is 25.0 Å². The highest BCUT2D eigenvalue weighted by Crippen LogP contribution is 2.19. The summed E-state index contributed by atoms with van der Waals surface area (Å²) in [7, 11) is 0. The normalized spacial score (nSPS) is 15.3. The van der Waals surface area contributed by atoms with E-state index in [9.17, 15) is 9.59 Å². The van der Waals surface area contributed by atoms with E-state index in [-0.39, 0.29) is 11.9 Å². The van der Waals surface area contributed by atoms with Crippen molar-refractivity contribution in [2.75, 3.05) is 18.1 Å². The van der Waals surface area contributed by atoms with E-state index in [0.29, 0.717) is 18.7 Å². The van der Waals surface area contributed by atoms with Crippen LogP contribution in [0.1, 0.15) is 17.3 Å². The summed E-state index contributed by atoms with van der Waals surface area (Å²) in [6.07, 6.45) is -0.328. The molecule has 2 rings (SSSR count). The smallest absolute Gasteiger partial charge is 0.414 e. The van der Waals surface area contributed by atoms with Gasteiger partial charge in [-0.25, -0.2) is 4.79 Å². The van der Waals surface area contributed by atoms with Crippen LogP contribution in [0, 0.1) is 0 Å². The number of ketones is 1. The predicted octanol–water partition coefficient (Wildman–Crippen LogP) is 1.85. The van der Waals surface area contributed by atoms with Gasteiger partial charge in [-0.2, -0.15) is 0 Å². The third kappa shape index (κ3) is 1.83. The second-order valence-electron chi connectivity index (χ2n) is 3.37. The molecular weight excluding hydrogens is 194 g/mol. The monoisotopic (exact) mass is 205 g/mol. The molecule has 4 nitrogen and oxygen atoms in total. The summed E-state index contributed by atoms with van der Waals surface area (Å²) in [4.78, 5) is 23.8. The van der Waals surface area contributed by atoms with Crippen molar-refractivity contribution in [2.45, 2.75) is 6.92 Å². The molecule has 1 fully saturated rings. The molecular formula is C11H11NO3. The fourth-order valence-electron chi connectivity index (χ4n) is 1.50. The van der Waals surface area contributed by atoms with Gasteiger partial charge in [0.1, 0.15) is 6.61 Å². The first-order valence-electron chi connectivity index (χ1n) is 4.74. The minimum absolute atomic E-state index is 0.0190. The Morgan fingerprint density at radius 3 is 2.47 bits per heavy atom. The highest BCUT2D eigenvalue weighted by atomic mass is 16.6. The lowest BCUT2D eigenvalue weighted by Crippen LogP contribution is -2.23. The molecule has 1 aromatic rings. The highest BCUT2D eigenvalue weighted by Gasteiger charge is 2.23. The van der Waals surface area contributed by atoms with Crippen LogP contribution in [0.3, 0.4) is 0 Å².